The average Bonchev–Trinajstić information content (AvgIpc) is 3.32. The van der Waals surface area contributed by atoms with Crippen molar-refractivity contribution in [1.29, 1.82) is 0 Å². The number of nitrogens with one attached hydrogen (secondary N) is 1. The summed E-state index contributed by atoms with van der Waals surface area (Å²) in [7, 11) is 3.24. The minimum atomic E-state index is -0.249. The summed E-state index contributed by atoms with van der Waals surface area (Å²) in [6.45, 7) is 2.04. The van der Waals surface area contributed by atoms with Gasteiger partial charge < -0.3 is 9.47 Å². The SMILES string of the molecule is COc1ccc(/C=N\NC(=O)CSc2nnc(-c3ccc(C)cc3)n2-c2ccc(OC)cc2)cc1. The van der Waals surface area contributed by atoms with E-state index in [-0.39, 0.29) is 11.7 Å². The second-order valence-electron chi connectivity index (χ2n) is 7.56. The quantitative estimate of drug-likeness (QED) is 0.212. The van der Waals surface area contributed by atoms with Gasteiger partial charge >= 0.3 is 0 Å². The fraction of sp³-hybridized carbons (Fsp3) is 0.154. The van der Waals surface area contributed by atoms with E-state index in [2.05, 4.69) is 20.7 Å². The molecule has 0 saturated heterocycles. The first-order valence-electron chi connectivity index (χ1n) is 10.8. The van der Waals surface area contributed by atoms with Gasteiger partial charge in [-0.2, -0.15) is 5.10 Å². The summed E-state index contributed by atoms with van der Waals surface area (Å²) in [6, 6.07) is 23.1. The molecule has 35 heavy (non-hydrogen) atoms. The molecule has 0 fully saturated rings. The van der Waals surface area contributed by atoms with Crippen LogP contribution in [-0.4, -0.2) is 46.9 Å². The Kier molecular flexibility index (Phi) is 7.79. The number of amides is 1. The Morgan fingerprint density at radius 2 is 1.57 bits per heavy atom. The Bertz CT molecular complexity index is 1300. The van der Waals surface area contributed by atoms with Crippen molar-refractivity contribution < 1.29 is 14.3 Å². The molecule has 1 N–H and O–H groups in total. The predicted molar refractivity (Wildman–Crippen MR) is 138 cm³/mol. The van der Waals surface area contributed by atoms with Crippen molar-refractivity contribution in [2.24, 2.45) is 5.10 Å². The number of ether oxygens (including phenoxy) is 2. The lowest BCUT2D eigenvalue weighted by atomic mass is 10.1. The first-order chi connectivity index (χ1) is 17.1. The van der Waals surface area contributed by atoms with Crippen LogP contribution in [0.3, 0.4) is 0 Å². The Hall–Kier alpha value is -4.11. The highest BCUT2D eigenvalue weighted by Gasteiger charge is 2.17. The minimum absolute atomic E-state index is 0.127. The third kappa shape index (κ3) is 6.07. The van der Waals surface area contributed by atoms with Crippen molar-refractivity contribution in [3.63, 3.8) is 0 Å². The third-order valence-corrected chi connectivity index (χ3v) is 6.05. The van der Waals surface area contributed by atoms with Gasteiger partial charge in [-0.1, -0.05) is 41.6 Å². The van der Waals surface area contributed by atoms with Crippen LogP contribution in [0, 0.1) is 6.92 Å². The van der Waals surface area contributed by atoms with Crippen LogP contribution in [0.5, 0.6) is 11.5 Å². The molecule has 9 heteroatoms. The molecular weight excluding hydrogens is 462 g/mol. The summed E-state index contributed by atoms with van der Waals surface area (Å²) in [4.78, 5) is 12.4. The van der Waals surface area contributed by atoms with Crippen LogP contribution in [0.1, 0.15) is 11.1 Å². The second kappa shape index (κ2) is 11.3. The van der Waals surface area contributed by atoms with Gasteiger partial charge in [-0.05, 0) is 61.0 Å². The van der Waals surface area contributed by atoms with Gasteiger partial charge in [0.2, 0.25) is 0 Å². The van der Waals surface area contributed by atoms with Gasteiger partial charge in [0.05, 0.1) is 26.2 Å². The molecule has 8 nitrogen and oxygen atoms in total. The second-order valence-corrected chi connectivity index (χ2v) is 8.50. The molecular formula is C26H25N5O3S. The van der Waals surface area contributed by atoms with E-state index >= 15 is 0 Å². The Morgan fingerprint density at radius 3 is 2.20 bits per heavy atom. The van der Waals surface area contributed by atoms with Crippen LogP contribution in [-0.2, 0) is 4.79 Å². The van der Waals surface area contributed by atoms with E-state index in [9.17, 15) is 4.79 Å². The Morgan fingerprint density at radius 1 is 0.943 bits per heavy atom. The van der Waals surface area contributed by atoms with Gasteiger partial charge in [0, 0.05) is 11.3 Å². The number of hydrazone groups is 1. The van der Waals surface area contributed by atoms with Crippen LogP contribution < -0.4 is 14.9 Å². The zero-order valence-electron chi connectivity index (χ0n) is 19.6. The number of thioether (sulfide) groups is 1. The van der Waals surface area contributed by atoms with Crippen molar-refractivity contribution in [2.45, 2.75) is 12.1 Å². The van der Waals surface area contributed by atoms with E-state index in [4.69, 9.17) is 9.47 Å². The third-order valence-electron chi connectivity index (χ3n) is 5.12. The maximum atomic E-state index is 12.4. The number of nitrogens with zero attached hydrogens (tertiary/aromatic N) is 4. The molecule has 0 bridgehead atoms. The zero-order valence-corrected chi connectivity index (χ0v) is 20.5. The lowest BCUT2D eigenvalue weighted by molar-refractivity contribution is -0.118. The standard InChI is InChI=1S/C26H25N5O3S/c1-18-4-8-20(9-5-18)25-29-30-26(31(25)21-10-14-23(34-3)15-11-21)35-17-24(32)28-27-16-19-6-12-22(33-2)13-7-19/h4-16H,17H2,1-3H3,(H,28,32)/b27-16-. The van der Waals surface area contributed by atoms with Gasteiger partial charge in [0.25, 0.3) is 5.91 Å². The first-order valence-corrected chi connectivity index (χ1v) is 11.8. The molecule has 0 saturated carbocycles. The highest BCUT2D eigenvalue weighted by Crippen LogP contribution is 2.29. The Labute approximate surface area is 208 Å². The lowest BCUT2D eigenvalue weighted by Crippen LogP contribution is -2.20. The van der Waals surface area contributed by atoms with Crippen molar-refractivity contribution in [1.82, 2.24) is 20.2 Å². The van der Waals surface area contributed by atoms with Gasteiger partial charge in [-0.25, -0.2) is 5.43 Å². The summed E-state index contributed by atoms with van der Waals surface area (Å²) < 4.78 is 12.4. The number of aryl methyl sites for hydroxylation is 1. The van der Waals surface area contributed by atoms with Crippen LogP contribution in [0.2, 0.25) is 0 Å². The van der Waals surface area contributed by atoms with E-state index in [1.807, 2.05) is 84.3 Å². The molecule has 4 rings (SSSR count). The largest absolute Gasteiger partial charge is 0.497 e. The topological polar surface area (TPSA) is 90.6 Å². The fourth-order valence-electron chi connectivity index (χ4n) is 3.25. The van der Waals surface area contributed by atoms with Crippen molar-refractivity contribution in [3.8, 4) is 28.6 Å². The van der Waals surface area contributed by atoms with Crippen LogP contribution in [0.25, 0.3) is 17.1 Å². The summed E-state index contributed by atoms with van der Waals surface area (Å²) in [5.74, 6) is 2.08. The number of carbonyl (C=O) groups excluding carboxylic acids is 1. The van der Waals surface area contributed by atoms with E-state index in [1.54, 1.807) is 20.4 Å². The number of rotatable bonds is 9. The van der Waals surface area contributed by atoms with Crippen LogP contribution in [0.4, 0.5) is 0 Å². The number of benzene rings is 3. The molecule has 178 valence electrons. The Balaban J connectivity index is 1.49. The highest BCUT2D eigenvalue weighted by molar-refractivity contribution is 7.99. The van der Waals surface area contributed by atoms with Gasteiger partial charge in [0.15, 0.2) is 11.0 Å². The van der Waals surface area contributed by atoms with E-state index in [0.717, 1.165) is 33.9 Å². The van der Waals surface area contributed by atoms with Gasteiger partial charge in [-0.15, -0.1) is 10.2 Å². The summed E-state index contributed by atoms with van der Waals surface area (Å²) in [5, 5.41) is 13.4. The van der Waals surface area contributed by atoms with Gasteiger partial charge in [0.1, 0.15) is 11.5 Å². The van der Waals surface area contributed by atoms with Gasteiger partial charge in [-0.3, -0.25) is 9.36 Å². The molecule has 0 unspecified atom stereocenters. The molecule has 0 radical (unpaired) electrons. The summed E-state index contributed by atoms with van der Waals surface area (Å²) in [5.41, 5.74) is 6.36. The maximum Gasteiger partial charge on any atom is 0.250 e. The first kappa shape index (κ1) is 24.0. The molecule has 0 aliphatic heterocycles. The van der Waals surface area contributed by atoms with Crippen molar-refractivity contribution in [3.05, 3.63) is 83.9 Å². The molecule has 0 spiro atoms. The van der Waals surface area contributed by atoms with Crippen LogP contribution in [0.15, 0.2) is 83.1 Å². The molecule has 3 aromatic carbocycles. The van der Waals surface area contributed by atoms with Crippen LogP contribution >= 0.6 is 11.8 Å². The number of hydrogen-bond donors (Lipinski definition) is 1. The number of aromatic nitrogens is 3. The number of hydrogen-bond acceptors (Lipinski definition) is 7. The molecule has 1 heterocycles. The average molecular weight is 488 g/mol. The fourth-order valence-corrected chi connectivity index (χ4v) is 3.99. The molecule has 1 amide bonds. The monoisotopic (exact) mass is 487 g/mol. The molecule has 0 aliphatic carbocycles. The molecule has 1 aromatic heterocycles. The normalized spacial score (nSPS) is 10.9. The predicted octanol–water partition coefficient (Wildman–Crippen LogP) is 4.50. The number of methoxy groups -OCH3 is 2. The number of carbonyl (C=O) groups is 1. The molecule has 4 aromatic rings. The van der Waals surface area contributed by atoms with Crippen molar-refractivity contribution >= 4 is 23.9 Å². The molecule has 0 aliphatic rings. The maximum absolute atomic E-state index is 12.4. The van der Waals surface area contributed by atoms with E-state index in [1.165, 1.54) is 11.8 Å². The van der Waals surface area contributed by atoms with E-state index in [0.29, 0.717) is 11.0 Å². The lowest BCUT2D eigenvalue weighted by Gasteiger charge is -2.11. The minimum Gasteiger partial charge on any atom is -0.497 e. The van der Waals surface area contributed by atoms with E-state index < -0.39 is 0 Å². The zero-order chi connectivity index (χ0) is 24.6. The summed E-state index contributed by atoms with van der Waals surface area (Å²) >= 11 is 1.29. The van der Waals surface area contributed by atoms with Crippen molar-refractivity contribution in [2.75, 3.05) is 20.0 Å². The summed E-state index contributed by atoms with van der Waals surface area (Å²) in [6.07, 6.45) is 1.58. The smallest absolute Gasteiger partial charge is 0.250 e. The molecule has 0 atom stereocenters. The highest BCUT2D eigenvalue weighted by atomic mass is 32.2.